The quantitative estimate of drug-likeness (QED) is 0.422. The third kappa shape index (κ3) is 5.06. The van der Waals surface area contributed by atoms with Gasteiger partial charge < -0.3 is 23.9 Å². The second-order valence-corrected chi connectivity index (χ2v) is 7.71. The first-order chi connectivity index (χ1) is 15.9. The van der Waals surface area contributed by atoms with Crippen LogP contribution in [-0.2, 0) is 13.2 Å². The number of carbonyl (C=O) groups is 1. The van der Waals surface area contributed by atoms with Crippen LogP contribution in [0.25, 0.3) is 0 Å². The second-order valence-electron chi connectivity index (χ2n) is 7.71. The highest BCUT2D eigenvalue weighted by Crippen LogP contribution is 2.30. The molecule has 1 amide bonds. The number of imidazole rings is 1. The number of benzene rings is 2. The van der Waals surface area contributed by atoms with E-state index in [0.717, 1.165) is 29.2 Å². The van der Waals surface area contributed by atoms with Gasteiger partial charge in [0.2, 0.25) is 0 Å². The first kappa shape index (κ1) is 22.1. The Balaban J connectivity index is 1.41. The minimum Gasteiger partial charge on any atom is -0.493 e. The smallest absolute Gasteiger partial charge is 0.255 e. The molecule has 2 aromatic heterocycles. The number of nitrogens with one attached hydrogen (secondary N) is 1. The third-order valence-electron chi connectivity index (χ3n) is 5.47. The van der Waals surface area contributed by atoms with Crippen LogP contribution in [0.4, 0.5) is 5.69 Å². The molecule has 0 aliphatic rings. The number of carbonyl (C=O) groups excluding carboxylic acids is 1. The predicted octanol–water partition coefficient (Wildman–Crippen LogP) is 4.68. The van der Waals surface area contributed by atoms with Crippen molar-refractivity contribution in [2.24, 2.45) is 0 Å². The van der Waals surface area contributed by atoms with E-state index in [1.54, 1.807) is 31.5 Å². The third-order valence-corrected chi connectivity index (χ3v) is 5.47. The molecule has 8 heteroatoms. The van der Waals surface area contributed by atoms with Crippen molar-refractivity contribution in [3.05, 3.63) is 88.8 Å². The molecule has 8 nitrogen and oxygen atoms in total. The van der Waals surface area contributed by atoms with E-state index in [1.807, 2.05) is 51.2 Å². The number of methoxy groups -OCH3 is 1. The van der Waals surface area contributed by atoms with Gasteiger partial charge in [-0.1, -0.05) is 17.3 Å². The molecule has 2 aromatic carbocycles. The number of rotatable bonds is 8. The summed E-state index contributed by atoms with van der Waals surface area (Å²) in [4.78, 5) is 17.0. The highest BCUT2D eigenvalue weighted by atomic mass is 16.5. The Kier molecular flexibility index (Phi) is 6.44. The number of hydrogen-bond acceptors (Lipinski definition) is 6. The van der Waals surface area contributed by atoms with E-state index >= 15 is 0 Å². The molecule has 170 valence electrons. The van der Waals surface area contributed by atoms with Crippen LogP contribution in [0.1, 0.15) is 38.8 Å². The summed E-state index contributed by atoms with van der Waals surface area (Å²) in [5.41, 5.74) is 3.98. The molecular weight excluding hydrogens is 420 g/mol. The summed E-state index contributed by atoms with van der Waals surface area (Å²) in [5.74, 6) is 2.45. The lowest BCUT2D eigenvalue weighted by atomic mass is 10.1. The van der Waals surface area contributed by atoms with Gasteiger partial charge in [0.1, 0.15) is 18.2 Å². The second kappa shape index (κ2) is 9.60. The molecule has 0 bridgehead atoms. The van der Waals surface area contributed by atoms with Crippen LogP contribution in [0.2, 0.25) is 0 Å². The van der Waals surface area contributed by atoms with Crippen molar-refractivity contribution in [2.75, 3.05) is 12.4 Å². The predicted molar refractivity (Wildman–Crippen MR) is 124 cm³/mol. The number of aromatic nitrogens is 3. The lowest BCUT2D eigenvalue weighted by Gasteiger charge is -2.13. The van der Waals surface area contributed by atoms with E-state index in [2.05, 4.69) is 20.0 Å². The molecule has 0 radical (unpaired) electrons. The van der Waals surface area contributed by atoms with E-state index in [1.165, 1.54) is 0 Å². The fourth-order valence-electron chi connectivity index (χ4n) is 3.45. The number of amides is 1. The van der Waals surface area contributed by atoms with Crippen molar-refractivity contribution in [1.29, 1.82) is 0 Å². The van der Waals surface area contributed by atoms with Crippen LogP contribution in [0.5, 0.6) is 11.5 Å². The van der Waals surface area contributed by atoms with Crippen LogP contribution in [-0.4, -0.2) is 27.7 Å². The van der Waals surface area contributed by atoms with Crippen molar-refractivity contribution in [1.82, 2.24) is 14.7 Å². The molecule has 4 rings (SSSR count). The zero-order chi connectivity index (χ0) is 23.4. The van der Waals surface area contributed by atoms with Crippen LogP contribution < -0.4 is 14.8 Å². The van der Waals surface area contributed by atoms with Gasteiger partial charge >= 0.3 is 0 Å². The van der Waals surface area contributed by atoms with Gasteiger partial charge in [-0.2, -0.15) is 0 Å². The average Bonchev–Trinajstić information content (AvgIpc) is 3.37. The van der Waals surface area contributed by atoms with E-state index in [9.17, 15) is 4.79 Å². The van der Waals surface area contributed by atoms with Crippen molar-refractivity contribution < 1.29 is 18.8 Å². The van der Waals surface area contributed by atoms with E-state index in [-0.39, 0.29) is 5.91 Å². The molecule has 0 aliphatic carbocycles. The summed E-state index contributed by atoms with van der Waals surface area (Å²) < 4.78 is 18.6. The number of ether oxygens (including phenoxy) is 2. The molecule has 0 saturated heterocycles. The lowest BCUT2D eigenvalue weighted by Crippen LogP contribution is -2.12. The molecule has 0 unspecified atom stereocenters. The van der Waals surface area contributed by atoms with Gasteiger partial charge in [-0.3, -0.25) is 4.79 Å². The Bertz CT molecular complexity index is 1240. The van der Waals surface area contributed by atoms with Gasteiger partial charge in [0, 0.05) is 30.2 Å². The highest BCUT2D eigenvalue weighted by molar-refractivity contribution is 6.04. The minimum absolute atomic E-state index is 0.233. The molecule has 1 N–H and O–H groups in total. The van der Waals surface area contributed by atoms with Gasteiger partial charge in [-0.25, -0.2) is 4.98 Å². The molecule has 0 spiro atoms. The summed E-state index contributed by atoms with van der Waals surface area (Å²) in [5, 5.41) is 6.85. The molecule has 0 saturated carbocycles. The van der Waals surface area contributed by atoms with Crippen LogP contribution in [0.15, 0.2) is 59.4 Å². The number of hydrogen-bond donors (Lipinski definition) is 1. The Labute approximate surface area is 192 Å². The largest absolute Gasteiger partial charge is 0.493 e. The van der Waals surface area contributed by atoms with Crippen molar-refractivity contribution in [3.63, 3.8) is 0 Å². The number of nitrogens with zero attached hydrogens (tertiary/aromatic N) is 3. The monoisotopic (exact) mass is 446 g/mol. The van der Waals surface area contributed by atoms with Crippen molar-refractivity contribution in [3.8, 4) is 11.5 Å². The van der Waals surface area contributed by atoms with Crippen LogP contribution in [0.3, 0.4) is 0 Å². The molecule has 33 heavy (non-hydrogen) atoms. The van der Waals surface area contributed by atoms with E-state index in [0.29, 0.717) is 35.1 Å². The van der Waals surface area contributed by atoms with Gasteiger partial charge in [-0.05, 0) is 56.7 Å². The molecular formula is C25H26N4O4. The fourth-order valence-corrected chi connectivity index (χ4v) is 3.45. The Hall–Kier alpha value is -4.07. The minimum atomic E-state index is -0.233. The number of anilines is 1. The van der Waals surface area contributed by atoms with E-state index in [4.69, 9.17) is 14.0 Å². The summed E-state index contributed by atoms with van der Waals surface area (Å²) in [6, 6.07) is 12.8. The number of aryl methyl sites for hydroxylation is 3. The average molecular weight is 447 g/mol. The Morgan fingerprint density at radius 1 is 1.09 bits per heavy atom. The standard InChI is InChI=1S/C25H26N4O4/c1-16-22(17(2)33-28-16)15-32-23-10-7-20(13-24(23)31-4)25(30)27-21-8-5-19(6-9-21)14-29-12-11-26-18(29)3/h5-13H,14-15H2,1-4H3,(H,27,30). The zero-order valence-corrected chi connectivity index (χ0v) is 19.1. The maximum Gasteiger partial charge on any atom is 0.255 e. The van der Waals surface area contributed by atoms with Crippen LogP contribution >= 0.6 is 0 Å². The summed E-state index contributed by atoms with van der Waals surface area (Å²) >= 11 is 0. The molecule has 0 aliphatic heterocycles. The van der Waals surface area contributed by atoms with Gasteiger partial charge in [-0.15, -0.1) is 0 Å². The van der Waals surface area contributed by atoms with Gasteiger partial charge in [0.15, 0.2) is 11.5 Å². The van der Waals surface area contributed by atoms with Crippen molar-refractivity contribution in [2.45, 2.75) is 33.9 Å². The maximum absolute atomic E-state index is 12.8. The van der Waals surface area contributed by atoms with Crippen molar-refractivity contribution >= 4 is 11.6 Å². The lowest BCUT2D eigenvalue weighted by molar-refractivity contribution is 0.102. The first-order valence-electron chi connectivity index (χ1n) is 10.5. The van der Waals surface area contributed by atoms with Gasteiger partial charge in [0.05, 0.1) is 18.4 Å². The topological polar surface area (TPSA) is 91.4 Å². The first-order valence-corrected chi connectivity index (χ1v) is 10.5. The summed E-state index contributed by atoms with van der Waals surface area (Å²) in [6.45, 7) is 6.70. The Morgan fingerprint density at radius 2 is 1.88 bits per heavy atom. The normalized spacial score (nSPS) is 10.8. The van der Waals surface area contributed by atoms with E-state index < -0.39 is 0 Å². The summed E-state index contributed by atoms with van der Waals surface area (Å²) in [7, 11) is 1.54. The maximum atomic E-state index is 12.8. The SMILES string of the molecule is COc1cc(C(=O)Nc2ccc(Cn3ccnc3C)cc2)ccc1OCc1c(C)noc1C. The molecule has 0 atom stereocenters. The van der Waals surface area contributed by atoms with Gasteiger partial charge in [0.25, 0.3) is 5.91 Å². The summed E-state index contributed by atoms with van der Waals surface area (Å²) in [6.07, 6.45) is 3.73. The van der Waals surface area contributed by atoms with Crippen LogP contribution in [0, 0.1) is 20.8 Å². The molecule has 0 fully saturated rings. The molecule has 4 aromatic rings. The molecule has 2 heterocycles. The Morgan fingerprint density at radius 3 is 2.52 bits per heavy atom. The zero-order valence-electron chi connectivity index (χ0n) is 19.1. The highest BCUT2D eigenvalue weighted by Gasteiger charge is 2.14. The fraction of sp³-hybridized carbons (Fsp3) is 0.240.